The number of hydrogen-bond donors (Lipinski definition) is 1. The number of quaternary nitrogens is 1. The molecule has 1 saturated heterocycles. The molecule has 4 nitrogen and oxygen atoms in total. The largest absolute Gasteiger partial charge is 0.415 e. The molecule has 2 aromatic rings. The van der Waals surface area contributed by atoms with Gasteiger partial charge in [-0.05, 0) is 45.2 Å². The second kappa shape index (κ2) is 5.75. The fraction of sp³-hybridized carbons (Fsp3) is 0.500. The zero-order valence-corrected chi connectivity index (χ0v) is 12.2. The molecule has 1 aromatic carbocycles. The summed E-state index contributed by atoms with van der Waals surface area (Å²) >= 11 is 0. The van der Waals surface area contributed by atoms with Crippen LogP contribution in [0.15, 0.2) is 28.7 Å². The molecule has 3 rings (SSSR count). The van der Waals surface area contributed by atoms with Crippen molar-refractivity contribution < 1.29 is 9.32 Å². The van der Waals surface area contributed by atoms with E-state index in [2.05, 4.69) is 36.2 Å². The van der Waals surface area contributed by atoms with Crippen molar-refractivity contribution in [3.63, 3.8) is 0 Å². The Hall–Kier alpha value is -1.68. The standard InChI is InChI=1S/C16H21N3O/c1-12-6-8-14(9-7-12)16-18-17-15(20-16)11-19-10-4-3-5-13(19)2/h6-9,13H,3-5,10-11H2,1-2H3/p+1/t13-/m1/s1. The van der Waals surface area contributed by atoms with Gasteiger partial charge in [-0.2, -0.15) is 0 Å². The van der Waals surface area contributed by atoms with Crippen molar-refractivity contribution in [3.05, 3.63) is 35.7 Å². The number of aromatic nitrogens is 2. The van der Waals surface area contributed by atoms with Crippen molar-refractivity contribution in [2.45, 2.75) is 45.7 Å². The van der Waals surface area contributed by atoms with E-state index in [-0.39, 0.29) is 0 Å². The fourth-order valence-electron chi connectivity index (χ4n) is 2.85. The normalized spacial score (nSPS) is 22.9. The maximum Gasteiger partial charge on any atom is 0.271 e. The molecule has 2 heterocycles. The third kappa shape index (κ3) is 2.90. The van der Waals surface area contributed by atoms with Gasteiger partial charge in [0.2, 0.25) is 5.89 Å². The molecule has 0 amide bonds. The van der Waals surface area contributed by atoms with Gasteiger partial charge >= 0.3 is 0 Å². The molecule has 0 saturated carbocycles. The Balaban J connectivity index is 1.71. The Bertz CT molecular complexity index is 561. The lowest BCUT2D eigenvalue weighted by molar-refractivity contribution is -0.943. The first-order chi connectivity index (χ1) is 9.72. The third-order valence-corrected chi connectivity index (χ3v) is 4.23. The van der Waals surface area contributed by atoms with Crippen molar-refractivity contribution in [2.75, 3.05) is 6.54 Å². The van der Waals surface area contributed by atoms with Gasteiger partial charge in [-0.15, -0.1) is 10.2 Å². The van der Waals surface area contributed by atoms with E-state index >= 15 is 0 Å². The molecule has 1 aromatic heterocycles. The Morgan fingerprint density at radius 2 is 2.00 bits per heavy atom. The summed E-state index contributed by atoms with van der Waals surface area (Å²) in [6.07, 6.45) is 3.95. The van der Waals surface area contributed by atoms with Crippen molar-refractivity contribution in [1.82, 2.24) is 10.2 Å². The van der Waals surface area contributed by atoms with E-state index in [0.717, 1.165) is 18.0 Å². The highest BCUT2D eigenvalue weighted by molar-refractivity contribution is 5.52. The summed E-state index contributed by atoms with van der Waals surface area (Å²) < 4.78 is 5.82. The van der Waals surface area contributed by atoms with Crippen LogP contribution in [0.25, 0.3) is 11.5 Å². The van der Waals surface area contributed by atoms with Crippen molar-refractivity contribution in [1.29, 1.82) is 0 Å². The Kier molecular flexibility index (Phi) is 3.83. The lowest BCUT2D eigenvalue weighted by Gasteiger charge is -2.28. The first kappa shape index (κ1) is 13.3. The summed E-state index contributed by atoms with van der Waals surface area (Å²) in [7, 11) is 0. The smallest absolute Gasteiger partial charge is 0.271 e. The Morgan fingerprint density at radius 3 is 2.75 bits per heavy atom. The fourth-order valence-corrected chi connectivity index (χ4v) is 2.85. The third-order valence-electron chi connectivity index (χ3n) is 4.23. The molecule has 1 aliphatic heterocycles. The molecule has 106 valence electrons. The van der Waals surface area contributed by atoms with E-state index in [1.54, 1.807) is 4.90 Å². The number of aryl methyl sites for hydroxylation is 1. The molecule has 0 bridgehead atoms. The van der Waals surface area contributed by atoms with E-state index in [4.69, 9.17) is 4.42 Å². The van der Waals surface area contributed by atoms with Crippen LogP contribution in [-0.4, -0.2) is 22.8 Å². The van der Waals surface area contributed by atoms with E-state index in [1.165, 1.54) is 31.4 Å². The summed E-state index contributed by atoms with van der Waals surface area (Å²) in [5.74, 6) is 1.38. The summed E-state index contributed by atoms with van der Waals surface area (Å²) in [6, 6.07) is 8.89. The molecule has 1 aliphatic rings. The predicted molar refractivity (Wildman–Crippen MR) is 77.3 cm³/mol. The average molecular weight is 272 g/mol. The Morgan fingerprint density at radius 1 is 1.20 bits per heavy atom. The number of piperidine rings is 1. The molecule has 20 heavy (non-hydrogen) atoms. The van der Waals surface area contributed by atoms with Crippen LogP contribution < -0.4 is 4.90 Å². The molecule has 2 atom stereocenters. The number of benzene rings is 1. The van der Waals surface area contributed by atoms with Gasteiger partial charge in [0.15, 0.2) is 6.54 Å². The van der Waals surface area contributed by atoms with Crippen LogP contribution in [0.1, 0.15) is 37.6 Å². The molecule has 1 fully saturated rings. The maximum atomic E-state index is 5.82. The first-order valence-corrected chi connectivity index (χ1v) is 7.46. The van der Waals surface area contributed by atoms with E-state index in [0.29, 0.717) is 11.9 Å². The van der Waals surface area contributed by atoms with E-state index in [1.807, 2.05) is 12.1 Å². The predicted octanol–water partition coefficient (Wildman–Crippen LogP) is 2.00. The van der Waals surface area contributed by atoms with Crippen LogP contribution >= 0.6 is 0 Å². The van der Waals surface area contributed by atoms with Crippen LogP contribution in [0.2, 0.25) is 0 Å². The highest BCUT2D eigenvalue weighted by Gasteiger charge is 2.24. The summed E-state index contributed by atoms with van der Waals surface area (Å²) in [5.41, 5.74) is 2.23. The van der Waals surface area contributed by atoms with Crippen molar-refractivity contribution in [3.8, 4) is 11.5 Å². The summed E-state index contributed by atoms with van der Waals surface area (Å²) in [5, 5.41) is 8.38. The molecule has 1 N–H and O–H groups in total. The van der Waals surface area contributed by atoms with Gasteiger partial charge in [0.1, 0.15) is 0 Å². The maximum absolute atomic E-state index is 5.82. The minimum atomic E-state index is 0.629. The van der Waals surface area contributed by atoms with Crippen LogP contribution in [0.5, 0.6) is 0 Å². The van der Waals surface area contributed by atoms with Gasteiger partial charge in [-0.25, -0.2) is 0 Å². The second-order valence-electron chi connectivity index (χ2n) is 5.85. The zero-order chi connectivity index (χ0) is 13.9. The number of hydrogen-bond acceptors (Lipinski definition) is 3. The van der Waals surface area contributed by atoms with E-state index in [9.17, 15) is 0 Å². The minimum Gasteiger partial charge on any atom is -0.415 e. The quantitative estimate of drug-likeness (QED) is 0.929. The number of nitrogens with one attached hydrogen (secondary N) is 1. The van der Waals surface area contributed by atoms with Gasteiger partial charge in [0.05, 0.1) is 12.6 Å². The lowest BCUT2D eigenvalue weighted by atomic mass is 10.0. The SMILES string of the molecule is Cc1ccc(-c2nnc(C[NH+]3CCCC[C@H]3C)o2)cc1. The van der Waals surface area contributed by atoms with Gasteiger partial charge in [0.25, 0.3) is 5.89 Å². The molecule has 0 spiro atoms. The summed E-state index contributed by atoms with van der Waals surface area (Å²) in [4.78, 5) is 1.57. The zero-order valence-electron chi connectivity index (χ0n) is 12.2. The molecular formula is C16H22N3O+. The molecule has 4 heteroatoms. The van der Waals surface area contributed by atoms with Crippen LogP contribution in [0.3, 0.4) is 0 Å². The minimum absolute atomic E-state index is 0.629. The van der Waals surface area contributed by atoms with Crippen LogP contribution in [-0.2, 0) is 6.54 Å². The highest BCUT2D eigenvalue weighted by atomic mass is 16.4. The number of nitrogens with zero attached hydrogens (tertiary/aromatic N) is 2. The molecular weight excluding hydrogens is 250 g/mol. The Labute approximate surface area is 119 Å². The highest BCUT2D eigenvalue weighted by Crippen LogP contribution is 2.18. The first-order valence-electron chi connectivity index (χ1n) is 7.46. The summed E-state index contributed by atoms with van der Waals surface area (Å²) in [6.45, 7) is 6.44. The van der Waals surface area contributed by atoms with Crippen molar-refractivity contribution in [2.24, 2.45) is 0 Å². The molecule has 0 aliphatic carbocycles. The van der Waals surface area contributed by atoms with Crippen LogP contribution in [0, 0.1) is 6.92 Å². The average Bonchev–Trinajstić information content (AvgIpc) is 2.91. The molecule has 1 unspecified atom stereocenters. The van der Waals surface area contributed by atoms with Gasteiger partial charge < -0.3 is 9.32 Å². The number of likely N-dealkylation sites (tertiary alicyclic amines) is 1. The molecule has 0 radical (unpaired) electrons. The van der Waals surface area contributed by atoms with Gasteiger partial charge in [-0.1, -0.05) is 17.7 Å². The van der Waals surface area contributed by atoms with Crippen molar-refractivity contribution >= 4 is 0 Å². The van der Waals surface area contributed by atoms with E-state index < -0.39 is 0 Å². The number of rotatable bonds is 3. The monoisotopic (exact) mass is 272 g/mol. The lowest BCUT2D eigenvalue weighted by Crippen LogP contribution is -3.14. The topological polar surface area (TPSA) is 43.4 Å². The second-order valence-corrected chi connectivity index (χ2v) is 5.85. The van der Waals surface area contributed by atoms with Crippen LogP contribution in [0.4, 0.5) is 0 Å². The van der Waals surface area contributed by atoms with Gasteiger partial charge in [0, 0.05) is 5.56 Å². The van der Waals surface area contributed by atoms with Gasteiger partial charge in [-0.3, -0.25) is 0 Å².